The average molecular weight is 236 g/mol. The lowest BCUT2D eigenvalue weighted by Crippen LogP contribution is -2.23. The van der Waals surface area contributed by atoms with E-state index in [1.807, 2.05) is 0 Å². The van der Waals surface area contributed by atoms with Crippen molar-refractivity contribution in [3.8, 4) is 0 Å². The second-order valence-electron chi connectivity index (χ2n) is 4.83. The molecule has 0 fully saturated rings. The smallest absolute Gasteiger partial charge is 0.0428 e. The molecule has 0 spiro atoms. The number of unbranched alkanes of at least 4 members (excludes halogenated alkanes) is 5. The van der Waals surface area contributed by atoms with Crippen molar-refractivity contribution < 1.29 is 0 Å². The van der Waals surface area contributed by atoms with Gasteiger partial charge >= 0.3 is 0 Å². The summed E-state index contributed by atoms with van der Waals surface area (Å²) in [6.07, 6.45) is 18.9. The Morgan fingerprint density at radius 2 is 1.76 bits per heavy atom. The van der Waals surface area contributed by atoms with Gasteiger partial charge in [0.25, 0.3) is 0 Å². The molecule has 1 aliphatic rings. The van der Waals surface area contributed by atoms with Crippen LogP contribution in [0.4, 0.5) is 0 Å². The first-order valence-corrected chi connectivity index (χ1v) is 7.20. The summed E-state index contributed by atoms with van der Waals surface area (Å²) >= 11 is 0. The van der Waals surface area contributed by atoms with Crippen LogP contribution in [0.3, 0.4) is 0 Å². The molecule has 0 saturated carbocycles. The van der Waals surface area contributed by atoms with Crippen molar-refractivity contribution in [2.24, 2.45) is 5.73 Å². The van der Waals surface area contributed by atoms with Gasteiger partial charge in [0.15, 0.2) is 0 Å². The topological polar surface area (TPSA) is 38.0 Å². The Hall–Kier alpha value is -0.600. The first-order valence-electron chi connectivity index (χ1n) is 7.20. The maximum atomic E-state index is 5.36. The van der Waals surface area contributed by atoms with E-state index in [1.54, 1.807) is 5.57 Å². The molecule has 0 aromatic carbocycles. The third-order valence-electron chi connectivity index (χ3n) is 3.29. The summed E-state index contributed by atoms with van der Waals surface area (Å²) in [5.41, 5.74) is 6.92. The second-order valence-corrected chi connectivity index (χ2v) is 4.83. The Bertz CT molecular complexity index is 231. The maximum absolute atomic E-state index is 5.36. The molecule has 0 amide bonds. The normalized spacial score (nSPS) is 15.0. The molecule has 0 aliphatic heterocycles. The zero-order chi connectivity index (χ0) is 12.2. The van der Waals surface area contributed by atoms with E-state index in [0.717, 1.165) is 6.54 Å². The van der Waals surface area contributed by atoms with Crippen molar-refractivity contribution in [3.05, 3.63) is 23.8 Å². The Kier molecular flexibility index (Phi) is 8.97. The summed E-state index contributed by atoms with van der Waals surface area (Å²) in [6.45, 7) is 1.69. The highest BCUT2D eigenvalue weighted by atomic mass is 14.9. The number of rotatable bonds is 10. The Labute approximate surface area is 106 Å². The number of hydrogen-bond donors (Lipinski definition) is 2. The number of allylic oxidation sites excluding steroid dienone is 4. The molecule has 0 saturated heterocycles. The van der Waals surface area contributed by atoms with E-state index in [4.69, 9.17) is 5.73 Å². The van der Waals surface area contributed by atoms with E-state index in [0.29, 0.717) is 6.67 Å². The number of nitrogens with one attached hydrogen (secondary N) is 1. The number of hydrogen-bond acceptors (Lipinski definition) is 2. The Morgan fingerprint density at radius 3 is 2.47 bits per heavy atom. The van der Waals surface area contributed by atoms with Crippen LogP contribution < -0.4 is 11.1 Å². The van der Waals surface area contributed by atoms with Crippen molar-refractivity contribution in [2.75, 3.05) is 13.2 Å². The van der Waals surface area contributed by atoms with Gasteiger partial charge < -0.3 is 11.1 Å². The van der Waals surface area contributed by atoms with Crippen LogP contribution in [0.25, 0.3) is 0 Å². The van der Waals surface area contributed by atoms with Gasteiger partial charge in [0.05, 0.1) is 0 Å². The third-order valence-corrected chi connectivity index (χ3v) is 3.29. The lowest BCUT2D eigenvalue weighted by Gasteiger charge is -2.06. The van der Waals surface area contributed by atoms with Crippen LogP contribution in [0.2, 0.25) is 0 Å². The second kappa shape index (κ2) is 10.5. The van der Waals surface area contributed by atoms with E-state index in [-0.39, 0.29) is 0 Å². The van der Waals surface area contributed by atoms with Crippen molar-refractivity contribution >= 4 is 0 Å². The highest BCUT2D eigenvalue weighted by Crippen LogP contribution is 2.17. The molecule has 0 aromatic rings. The lowest BCUT2D eigenvalue weighted by molar-refractivity contribution is 0.569. The van der Waals surface area contributed by atoms with Crippen LogP contribution in [0.15, 0.2) is 23.8 Å². The molecule has 1 aliphatic carbocycles. The summed E-state index contributed by atoms with van der Waals surface area (Å²) < 4.78 is 0. The van der Waals surface area contributed by atoms with Crippen LogP contribution in [-0.2, 0) is 0 Å². The van der Waals surface area contributed by atoms with Crippen LogP contribution in [0, 0.1) is 0 Å². The zero-order valence-electron chi connectivity index (χ0n) is 11.1. The highest BCUT2D eigenvalue weighted by Gasteiger charge is 1.97. The molecular formula is C15H28N2. The molecule has 1 rings (SSSR count). The Balaban J connectivity index is 1.81. The van der Waals surface area contributed by atoms with Crippen molar-refractivity contribution in [2.45, 2.75) is 57.8 Å². The van der Waals surface area contributed by atoms with Crippen LogP contribution in [0.1, 0.15) is 57.8 Å². The molecule has 0 bridgehead atoms. The van der Waals surface area contributed by atoms with Gasteiger partial charge in [-0.3, -0.25) is 0 Å². The molecule has 0 unspecified atom stereocenters. The van der Waals surface area contributed by atoms with Gasteiger partial charge in [-0.15, -0.1) is 0 Å². The summed E-state index contributed by atoms with van der Waals surface area (Å²) in [5, 5.41) is 3.16. The minimum absolute atomic E-state index is 0.614. The van der Waals surface area contributed by atoms with E-state index < -0.39 is 0 Å². The number of nitrogens with two attached hydrogens (primary N) is 1. The van der Waals surface area contributed by atoms with Gasteiger partial charge in [0.1, 0.15) is 0 Å². The third kappa shape index (κ3) is 8.17. The van der Waals surface area contributed by atoms with Crippen LogP contribution in [-0.4, -0.2) is 13.2 Å². The predicted molar refractivity (Wildman–Crippen MR) is 75.8 cm³/mol. The van der Waals surface area contributed by atoms with Gasteiger partial charge in [0, 0.05) is 6.67 Å². The van der Waals surface area contributed by atoms with Gasteiger partial charge in [-0.25, -0.2) is 0 Å². The molecule has 0 aromatic heterocycles. The van der Waals surface area contributed by atoms with E-state index in [9.17, 15) is 0 Å². The Morgan fingerprint density at radius 1 is 1.00 bits per heavy atom. The molecule has 3 N–H and O–H groups in total. The standard InChI is InChI=1S/C15H28N2/c16-14-17-13-9-4-2-1-3-6-10-15-11-7-5-8-12-15/h7,11-12,17H,1-6,8-10,13-14,16H2. The summed E-state index contributed by atoms with van der Waals surface area (Å²) in [7, 11) is 0. The fraction of sp³-hybridized carbons (Fsp3) is 0.733. The quantitative estimate of drug-likeness (QED) is 0.450. The zero-order valence-corrected chi connectivity index (χ0v) is 11.1. The minimum atomic E-state index is 0.614. The lowest BCUT2D eigenvalue weighted by atomic mass is 10.0. The fourth-order valence-corrected chi connectivity index (χ4v) is 2.24. The first-order chi connectivity index (χ1) is 8.43. The summed E-state index contributed by atoms with van der Waals surface area (Å²) in [4.78, 5) is 0. The van der Waals surface area contributed by atoms with Gasteiger partial charge in [-0.1, -0.05) is 49.5 Å². The molecular weight excluding hydrogens is 208 g/mol. The summed E-state index contributed by atoms with van der Waals surface area (Å²) in [6, 6.07) is 0. The molecule has 0 atom stereocenters. The van der Waals surface area contributed by atoms with Gasteiger partial charge in [-0.05, 0) is 38.6 Å². The van der Waals surface area contributed by atoms with E-state index >= 15 is 0 Å². The predicted octanol–water partition coefficient (Wildman–Crippen LogP) is 3.50. The largest absolute Gasteiger partial charge is 0.318 e. The minimum Gasteiger partial charge on any atom is -0.318 e. The first kappa shape index (κ1) is 14.5. The summed E-state index contributed by atoms with van der Waals surface area (Å²) in [5.74, 6) is 0. The highest BCUT2D eigenvalue weighted by molar-refractivity contribution is 5.21. The monoisotopic (exact) mass is 236 g/mol. The molecule has 17 heavy (non-hydrogen) atoms. The maximum Gasteiger partial charge on any atom is 0.0428 e. The van der Waals surface area contributed by atoms with Crippen molar-refractivity contribution in [1.82, 2.24) is 5.32 Å². The van der Waals surface area contributed by atoms with E-state index in [1.165, 1.54) is 57.8 Å². The van der Waals surface area contributed by atoms with Crippen LogP contribution >= 0.6 is 0 Å². The molecule has 2 nitrogen and oxygen atoms in total. The fourth-order valence-electron chi connectivity index (χ4n) is 2.24. The van der Waals surface area contributed by atoms with Gasteiger partial charge in [0.2, 0.25) is 0 Å². The molecule has 0 heterocycles. The average Bonchev–Trinajstić information content (AvgIpc) is 2.38. The molecule has 0 radical (unpaired) electrons. The van der Waals surface area contributed by atoms with Crippen molar-refractivity contribution in [1.29, 1.82) is 0 Å². The molecule has 98 valence electrons. The SMILES string of the molecule is NCNCCCCCCCCC1=CCCC=C1. The van der Waals surface area contributed by atoms with Gasteiger partial charge in [-0.2, -0.15) is 0 Å². The van der Waals surface area contributed by atoms with Crippen LogP contribution in [0.5, 0.6) is 0 Å². The molecule has 2 heteroatoms. The van der Waals surface area contributed by atoms with Crippen molar-refractivity contribution in [3.63, 3.8) is 0 Å². The van der Waals surface area contributed by atoms with E-state index in [2.05, 4.69) is 23.5 Å².